The molecule has 0 amide bonds. The van der Waals surface area contributed by atoms with E-state index in [0.717, 1.165) is 32.1 Å². The number of rotatable bonds is 2. The Kier molecular flexibility index (Phi) is 3.01. The topological polar surface area (TPSA) is 52.3 Å². The van der Waals surface area contributed by atoms with Crippen LogP contribution < -0.4 is 5.73 Å². The molecule has 15 heavy (non-hydrogen) atoms. The minimum atomic E-state index is -0.215. The van der Waals surface area contributed by atoms with Crippen LogP contribution in [0.1, 0.15) is 45.4 Å². The number of fused-ring (bicyclic) bond motifs is 1. The van der Waals surface area contributed by atoms with E-state index < -0.39 is 0 Å². The smallest absolute Gasteiger partial charge is 0.312 e. The van der Waals surface area contributed by atoms with Gasteiger partial charge in [-0.15, -0.1) is 0 Å². The molecule has 2 saturated carbocycles. The van der Waals surface area contributed by atoms with Gasteiger partial charge in [0.25, 0.3) is 0 Å². The Hall–Kier alpha value is -0.570. The van der Waals surface area contributed by atoms with Crippen molar-refractivity contribution in [3.8, 4) is 0 Å². The average Bonchev–Trinajstić information content (AvgIpc) is 2.55. The molecule has 86 valence electrons. The summed E-state index contributed by atoms with van der Waals surface area (Å²) in [6.45, 7) is 2.36. The minimum absolute atomic E-state index is 0.0163. The monoisotopic (exact) mass is 211 g/mol. The van der Waals surface area contributed by atoms with Crippen LogP contribution in [-0.4, -0.2) is 18.6 Å². The molecule has 0 radical (unpaired) electrons. The molecule has 0 unspecified atom stereocenters. The number of carbonyl (C=O) groups is 1. The van der Waals surface area contributed by atoms with Gasteiger partial charge in [0.15, 0.2) is 0 Å². The lowest BCUT2D eigenvalue weighted by atomic mass is 9.68. The minimum Gasteiger partial charge on any atom is -0.466 e. The van der Waals surface area contributed by atoms with Crippen molar-refractivity contribution in [3.63, 3.8) is 0 Å². The van der Waals surface area contributed by atoms with Crippen molar-refractivity contribution >= 4 is 5.97 Å². The third-order valence-corrected chi connectivity index (χ3v) is 4.10. The van der Waals surface area contributed by atoms with Crippen molar-refractivity contribution in [1.82, 2.24) is 0 Å². The maximum atomic E-state index is 12.1. The molecule has 2 aliphatic carbocycles. The second-order valence-electron chi connectivity index (χ2n) is 5.02. The summed E-state index contributed by atoms with van der Waals surface area (Å²) in [7, 11) is 0. The third-order valence-electron chi connectivity index (χ3n) is 4.10. The quantitative estimate of drug-likeness (QED) is 0.709. The highest BCUT2D eigenvalue weighted by atomic mass is 16.5. The van der Waals surface area contributed by atoms with Gasteiger partial charge in [-0.3, -0.25) is 4.79 Å². The zero-order valence-electron chi connectivity index (χ0n) is 9.50. The number of carbonyl (C=O) groups excluding carboxylic acids is 1. The van der Waals surface area contributed by atoms with E-state index in [0.29, 0.717) is 12.5 Å². The molecule has 0 aromatic rings. The van der Waals surface area contributed by atoms with E-state index in [1.807, 2.05) is 6.92 Å². The summed E-state index contributed by atoms with van der Waals surface area (Å²) in [5, 5.41) is 0. The summed E-state index contributed by atoms with van der Waals surface area (Å²) >= 11 is 0. The Bertz CT molecular complexity index is 254. The van der Waals surface area contributed by atoms with Gasteiger partial charge < -0.3 is 10.5 Å². The Balaban J connectivity index is 2.17. The molecule has 3 heteroatoms. The van der Waals surface area contributed by atoms with E-state index in [2.05, 4.69) is 0 Å². The summed E-state index contributed by atoms with van der Waals surface area (Å²) in [6.07, 6.45) is 6.41. The van der Waals surface area contributed by atoms with E-state index in [-0.39, 0.29) is 17.4 Å². The Morgan fingerprint density at radius 3 is 3.07 bits per heavy atom. The van der Waals surface area contributed by atoms with Crippen molar-refractivity contribution in [2.45, 2.75) is 51.5 Å². The maximum Gasteiger partial charge on any atom is 0.312 e. The number of ether oxygens (including phenoxy) is 1. The first-order chi connectivity index (χ1) is 7.19. The van der Waals surface area contributed by atoms with Crippen LogP contribution in [0.3, 0.4) is 0 Å². The molecule has 0 spiro atoms. The van der Waals surface area contributed by atoms with Gasteiger partial charge in [-0.25, -0.2) is 0 Å². The van der Waals surface area contributed by atoms with E-state index in [1.54, 1.807) is 0 Å². The van der Waals surface area contributed by atoms with Crippen molar-refractivity contribution in [2.24, 2.45) is 17.1 Å². The van der Waals surface area contributed by atoms with Crippen molar-refractivity contribution in [1.29, 1.82) is 0 Å². The fourth-order valence-corrected chi connectivity index (χ4v) is 3.47. The first-order valence-electron chi connectivity index (χ1n) is 6.12. The fraction of sp³-hybridized carbons (Fsp3) is 0.917. The second kappa shape index (κ2) is 4.12. The molecular formula is C12H21NO2. The van der Waals surface area contributed by atoms with Gasteiger partial charge in [0.05, 0.1) is 12.0 Å². The van der Waals surface area contributed by atoms with Gasteiger partial charge in [0, 0.05) is 6.04 Å². The highest BCUT2D eigenvalue weighted by Gasteiger charge is 2.53. The lowest BCUT2D eigenvalue weighted by Crippen LogP contribution is -2.39. The molecule has 3 atom stereocenters. The SMILES string of the molecule is CCOC(=O)[C@@]12CCCC[C@@H]1C[C@@H](N)C2. The van der Waals surface area contributed by atoms with Gasteiger partial charge in [0.2, 0.25) is 0 Å². The summed E-state index contributed by atoms with van der Waals surface area (Å²) < 4.78 is 5.24. The average molecular weight is 211 g/mol. The van der Waals surface area contributed by atoms with Gasteiger partial charge in [0.1, 0.15) is 0 Å². The number of hydrogen-bond acceptors (Lipinski definition) is 3. The molecular weight excluding hydrogens is 190 g/mol. The Morgan fingerprint density at radius 2 is 2.33 bits per heavy atom. The largest absolute Gasteiger partial charge is 0.466 e. The summed E-state index contributed by atoms with van der Waals surface area (Å²) in [4.78, 5) is 12.1. The van der Waals surface area contributed by atoms with Gasteiger partial charge >= 0.3 is 5.97 Å². The van der Waals surface area contributed by atoms with E-state index in [1.165, 1.54) is 6.42 Å². The second-order valence-corrected chi connectivity index (χ2v) is 5.02. The zero-order valence-corrected chi connectivity index (χ0v) is 9.50. The fourth-order valence-electron chi connectivity index (χ4n) is 3.47. The van der Waals surface area contributed by atoms with Gasteiger partial charge in [-0.1, -0.05) is 12.8 Å². The van der Waals surface area contributed by atoms with Crippen molar-refractivity contribution < 1.29 is 9.53 Å². The molecule has 0 aliphatic heterocycles. The standard InChI is InChI=1S/C12H21NO2/c1-2-15-11(14)12-6-4-3-5-9(12)7-10(13)8-12/h9-10H,2-8,13H2,1H3/t9-,10-,12-/m1/s1. The maximum absolute atomic E-state index is 12.1. The molecule has 0 saturated heterocycles. The molecule has 0 heterocycles. The number of nitrogens with two attached hydrogens (primary N) is 1. The number of hydrogen-bond donors (Lipinski definition) is 1. The lowest BCUT2D eigenvalue weighted by Gasteiger charge is -2.36. The predicted molar refractivity (Wildman–Crippen MR) is 58.2 cm³/mol. The number of esters is 1. The normalized spacial score (nSPS) is 39.9. The lowest BCUT2D eigenvalue weighted by molar-refractivity contribution is -0.160. The van der Waals surface area contributed by atoms with Crippen LogP contribution in [0.15, 0.2) is 0 Å². The summed E-state index contributed by atoms with van der Waals surface area (Å²) in [6, 6.07) is 0.206. The first-order valence-corrected chi connectivity index (χ1v) is 6.12. The van der Waals surface area contributed by atoms with Gasteiger partial charge in [-0.05, 0) is 38.5 Å². The molecule has 3 nitrogen and oxygen atoms in total. The Labute approximate surface area is 91.4 Å². The molecule has 0 aromatic heterocycles. The highest BCUT2D eigenvalue weighted by molar-refractivity contribution is 5.78. The summed E-state index contributed by atoms with van der Waals surface area (Å²) in [5.74, 6) is 0.503. The van der Waals surface area contributed by atoms with Crippen LogP contribution in [-0.2, 0) is 9.53 Å². The van der Waals surface area contributed by atoms with Gasteiger partial charge in [-0.2, -0.15) is 0 Å². The summed E-state index contributed by atoms with van der Waals surface area (Å²) in [5.41, 5.74) is 5.79. The molecule has 2 fully saturated rings. The molecule has 2 rings (SSSR count). The predicted octanol–water partition coefficient (Wildman–Crippen LogP) is 1.85. The van der Waals surface area contributed by atoms with Crippen molar-refractivity contribution in [2.75, 3.05) is 6.61 Å². The first kappa shape index (κ1) is 10.9. The zero-order chi connectivity index (χ0) is 10.9. The van der Waals surface area contributed by atoms with E-state index in [9.17, 15) is 4.79 Å². The van der Waals surface area contributed by atoms with Crippen LogP contribution in [0.5, 0.6) is 0 Å². The van der Waals surface area contributed by atoms with E-state index >= 15 is 0 Å². The Morgan fingerprint density at radius 1 is 1.53 bits per heavy atom. The molecule has 0 aromatic carbocycles. The highest BCUT2D eigenvalue weighted by Crippen LogP contribution is 2.52. The van der Waals surface area contributed by atoms with Crippen LogP contribution in [0, 0.1) is 11.3 Å². The molecule has 0 bridgehead atoms. The van der Waals surface area contributed by atoms with Crippen LogP contribution in [0.2, 0.25) is 0 Å². The third kappa shape index (κ3) is 1.78. The van der Waals surface area contributed by atoms with Crippen LogP contribution in [0.25, 0.3) is 0 Å². The van der Waals surface area contributed by atoms with E-state index in [4.69, 9.17) is 10.5 Å². The molecule has 2 N–H and O–H groups in total. The van der Waals surface area contributed by atoms with Crippen LogP contribution >= 0.6 is 0 Å². The van der Waals surface area contributed by atoms with Crippen LogP contribution in [0.4, 0.5) is 0 Å². The molecule has 2 aliphatic rings. The van der Waals surface area contributed by atoms with Crippen molar-refractivity contribution in [3.05, 3.63) is 0 Å².